The van der Waals surface area contributed by atoms with Gasteiger partial charge in [0.05, 0.1) is 13.1 Å². The Labute approximate surface area is 158 Å². The van der Waals surface area contributed by atoms with Gasteiger partial charge in [0.1, 0.15) is 6.10 Å². The van der Waals surface area contributed by atoms with Gasteiger partial charge in [0.25, 0.3) is 0 Å². The highest BCUT2D eigenvalue weighted by molar-refractivity contribution is 6.30. The van der Waals surface area contributed by atoms with Crippen LogP contribution in [0.1, 0.15) is 25.7 Å². The number of likely N-dealkylation sites (tertiary alicyclic amines) is 1. The zero-order chi connectivity index (χ0) is 18.1. The van der Waals surface area contributed by atoms with Crippen LogP contribution in [0, 0.1) is 5.82 Å². The van der Waals surface area contributed by atoms with Crippen LogP contribution >= 0.6 is 11.6 Å². The Kier molecular flexibility index (Phi) is 5.23. The van der Waals surface area contributed by atoms with E-state index in [0.29, 0.717) is 18.1 Å². The molecule has 2 saturated heterocycles. The van der Waals surface area contributed by atoms with Gasteiger partial charge in [-0.3, -0.25) is 4.90 Å². The fraction of sp³-hybridized carbons (Fsp3) is 0.632. The number of ether oxygens (including phenoxy) is 1. The van der Waals surface area contributed by atoms with Crippen LogP contribution in [0.15, 0.2) is 18.2 Å². The van der Waals surface area contributed by atoms with Crippen LogP contribution in [0.25, 0.3) is 0 Å². The van der Waals surface area contributed by atoms with E-state index in [9.17, 15) is 9.18 Å². The minimum Gasteiger partial charge on any atom is -0.484 e. The smallest absolute Gasteiger partial charge is 0.320 e. The minimum atomic E-state index is -0.467. The van der Waals surface area contributed by atoms with Crippen LogP contribution in [0.4, 0.5) is 9.18 Å². The number of hydrogen-bond donors (Lipinski definition) is 0. The van der Waals surface area contributed by atoms with Crippen molar-refractivity contribution in [3.8, 4) is 5.75 Å². The Bertz CT molecular complexity index is 664. The van der Waals surface area contributed by atoms with Crippen LogP contribution in [0.5, 0.6) is 5.75 Å². The van der Waals surface area contributed by atoms with Crippen molar-refractivity contribution < 1.29 is 13.9 Å². The van der Waals surface area contributed by atoms with Gasteiger partial charge in [-0.25, -0.2) is 9.18 Å². The predicted molar refractivity (Wildman–Crippen MR) is 98.2 cm³/mol. The average Bonchev–Trinajstić information content (AvgIpc) is 2.76. The molecule has 2 aliphatic heterocycles. The molecule has 0 N–H and O–H groups in total. The summed E-state index contributed by atoms with van der Waals surface area (Å²) in [4.78, 5) is 19.0. The topological polar surface area (TPSA) is 36.0 Å². The van der Waals surface area contributed by atoms with Crippen molar-refractivity contribution in [1.29, 1.82) is 0 Å². The van der Waals surface area contributed by atoms with Gasteiger partial charge < -0.3 is 14.5 Å². The van der Waals surface area contributed by atoms with Gasteiger partial charge in [0, 0.05) is 37.2 Å². The maximum Gasteiger partial charge on any atom is 0.320 e. The molecule has 1 saturated carbocycles. The van der Waals surface area contributed by atoms with Crippen LogP contribution in [0.2, 0.25) is 5.02 Å². The normalized spacial score (nSPS) is 22.5. The lowest BCUT2D eigenvalue weighted by Crippen LogP contribution is -2.60. The molecule has 3 aliphatic rings. The van der Waals surface area contributed by atoms with E-state index in [4.69, 9.17) is 16.3 Å². The summed E-state index contributed by atoms with van der Waals surface area (Å²) in [5, 5.41) is 0.345. The van der Waals surface area contributed by atoms with Crippen molar-refractivity contribution in [2.75, 3.05) is 39.3 Å². The first-order valence-electron chi connectivity index (χ1n) is 9.50. The van der Waals surface area contributed by atoms with Gasteiger partial charge in [-0.2, -0.15) is 0 Å². The lowest BCUT2D eigenvalue weighted by molar-refractivity contribution is 0.0287. The van der Waals surface area contributed by atoms with E-state index < -0.39 is 5.82 Å². The molecule has 3 fully saturated rings. The molecule has 7 heteroatoms. The monoisotopic (exact) mass is 381 g/mol. The Morgan fingerprint density at radius 2 is 1.88 bits per heavy atom. The Morgan fingerprint density at radius 1 is 1.08 bits per heavy atom. The summed E-state index contributed by atoms with van der Waals surface area (Å²) in [6, 6.07) is 5.19. The fourth-order valence-electron chi connectivity index (χ4n) is 3.86. The van der Waals surface area contributed by atoms with Gasteiger partial charge >= 0.3 is 6.03 Å². The van der Waals surface area contributed by atoms with E-state index in [2.05, 4.69) is 4.90 Å². The second kappa shape index (κ2) is 7.61. The second-order valence-corrected chi connectivity index (χ2v) is 7.90. The molecule has 0 spiro atoms. The number of benzene rings is 1. The molecule has 0 bridgehead atoms. The molecule has 142 valence electrons. The molecule has 2 amide bonds. The van der Waals surface area contributed by atoms with Crippen molar-refractivity contribution in [2.24, 2.45) is 0 Å². The highest BCUT2D eigenvalue weighted by Gasteiger charge is 2.36. The number of amides is 2. The molecule has 0 radical (unpaired) electrons. The van der Waals surface area contributed by atoms with Crippen molar-refractivity contribution in [3.63, 3.8) is 0 Å². The minimum absolute atomic E-state index is 0.0805. The number of carbonyl (C=O) groups is 1. The molecule has 4 rings (SSSR count). The molecule has 0 unspecified atom stereocenters. The van der Waals surface area contributed by atoms with Gasteiger partial charge in [0.2, 0.25) is 0 Å². The Morgan fingerprint density at radius 3 is 2.58 bits per heavy atom. The van der Waals surface area contributed by atoms with E-state index in [1.807, 2.05) is 4.90 Å². The lowest BCUT2D eigenvalue weighted by Gasteiger charge is -2.41. The molecule has 5 nitrogen and oxygen atoms in total. The Balaban J connectivity index is 1.25. The largest absolute Gasteiger partial charge is 0.484 e. The summed E-state index contributed by atoms with van der Waals surface area (Å²) < 4.78 is 19.4. The van der Waals surface area contributed by atoms with Crippen molar-refractivity contribution in [3.05, 3.63) is 29.0 Å². The van der Waals surface area contributed by atoms with E-state index in [1.165, 1.54) is 31.4 Å². The first-order chi connectivity index (χ1) is 12.6. The van der Waals surface area contributed by atoms with Crippen LogP contribution in [-0.4, -0.2) is 72.1 Å². The zero-order valence-electron chi connectivity index (χ0n) is 14.9. The lowest BCUT2D eigenvalue weighted by atomic mass is 9.91. The third kappa shape index (κ3) is 3.76. The van der Waals surface area contributed by atoms with E-state index in [-0.39, 0.29) is 17.9 Å². The van der Waals surface area contributed by atoms with E-state index in [1.54, 1.807) is 11.0 Å². The number of carbonyl (C=O) groups excluding carboxylic acids is 1. The van der Waals surface area contributed by atoms with Crippen LogP contribution < -0.4 is 4.74 Å². The van der Waals surface area contributed by atoms with Crippen LogP contribution in [-0.2, 0) is 0 Å². The zero-order valence-corrected chi connectivity index (χ0v) is 15.6. The maximum atomic E-state index is 13.8. The number of hydrogen-bond acceptors (Lipinski definition) is 3. The predicted octanol–water partition coefficient (Wildman–Crippen LogP) is 3.22. The average molecular weight is 382 g/mol. The van der Waals surface area contributed by atoms with Crippen molar-refractivity contribution >= 4 is 17.6 Å². The summed E-state index contributed by atoms with van der Waals surface area (Å²) in [5.41, 5.74) is 0. The molecule has 1 aliphatic carbocycles. The van der Waals surface area contributed by atoms with Crippen molar-refractivity contribution in [1.82, 2.24) is 14.7 Å². The van der Waals surface area contributed by atoms with Gasteiger partial charge in [-0.05, 0) is 37.5 Å². The molecule has 1 aromatic carbocycles. The number of rotatable bonds is 3. The van der Waals surface area contributed by atoms with Gasteiger partial charge in [0.15, 0.2) is 11.6 Å². The highest BCUT2D eigenvalue weighted by Crippen LogP contribution is 2.27. The van der Waals surface area contributed by atoms with E-state index >= 15 is 0 Å². The highest BCUT2D eigenvalue weighted by atomic mass is 35.5. The first-order valence-corrected chi connectivity index (χ1v) is 9.87. The van der Waals surface area contributed by atoms with Gasteiger partial charge in [-0.1, -0.05) is 18.0 Å². The summed E-state index contributed by atoms with van der Waals surface area (Å²) in [6.45, 7) is 4.68. The second-order valence-electron chi connectivity index (χ2n) is 7.46. The standard InChI is InChI=1S/C19H25ClFN3O2/c20-14-5-6-18(17(21)11-14)26-16-12-24(13-16)19(25)23-8-2-7-22(9-10-23)15-3-1-4-15/h5-6,11,15-16H,1-4,7-10,12-13H2. The van der Waals surface area contributed by atoms with Crippen molar-refractivity contribution in [2.45, 2.75) is 37.8 Å². The molecule has 1 aromatic rings. The number of nitrogens with zero attached hydrogens (tertiary/aromatic N) is 3. The van der Waals surface area contributed by atoms with Gasteiger partial charge in [-0.15, -0.1) is 0 Å². The molecule has 0 aromatic heterocycles. The number of halogens is 2. The van der Waals surface area contributed by atoms with E-state index in [0.717, 1.165) is 38.6 Å². The molecular weight excluding hydrogens is 357 g/mol. The summed E-state index contributed by atoms with van der Waals surface area (Å²) in [7, 11) is 0. The quantitative estimate of drug-likeness (QED) is 0.806. The van der Waals surface area contributed by atoms with Crippen LogP contribution in [0.3, 0.4) is 0 Å². The SMILES string of the molecule is O=C(N1CCCN(C2CCC2)CC1)N1CC(Oc2ccc(Cl)cc2F)C1. The summed E-state index contributed by atoms with van der Waals surface area (Å²) >= 11 is 5.75. The third-order valence-corrected chi connectivity index (χ3v) is 5.93. The first kappa shape index (κ1) is 17.9. The summed E-state index contributed by atoms with van der Waals surface area (Å²) in [6.07, 6.45) is 4.83. The fourth-order valence-corrected chi connectivity index (χ4v) is 4.02. The molecule has 0 atom stereocenters. The molecular formula is C19H25ClFN3O2. The maximum absolute atomic E-state index is 13.8. The third-order valence-electron chi connectivity index (χ3n) is 5.70. The molecule has 26 heavy (non-hydrogen) atoms. The molecule has 2 heterocycles. The summed E-state index contributed by atoms with van der Waals surface area (Å²) in [5.74, 6) is -0.275. The number of urea groups is 1. The Hall–Kier alpha value is -1.53.